The van der Waals surface area contributed by atoms with Gasteiger partial charge in [-0.25, -0.2) is 4.79 Å². The zero-order valence-electron chi connectivity index (χ0n) is 11.1. The van der Waals surface area contributed by atoms with Gasteiger partial charge in [0.25, 0.3) is 5.91 Å². The van der Waals surface area contributed by atoms with Crippen molar-refractivity contribution in [3.63, 3.8) is 0 Å². The normalized spacial score (nSPS) is 10.1. The molecule has 0 unspecified atom stereocenters. The molecule has 1 amide bonds. The summed E-state index contributed by atoms with van der Waals surface area (Å²) in [6.07, 6.45) is 0.692. The Morgan fingerprint density at radius 3 is 2.85 bits per heavy atom. The topological polar surface area (TPSA) is 90.6 Å². The summed E-state index contributed by atoms with van der Waals surface area (Å²) in [6, 6.07) is 4.64. The predicted molar refractivity (Wildman–Crippen MR) is 75.6 cm³/mol. The van der Waals surface area contributed by atoms with Gasteiger partial charge in [-0.15, -0.1) is 0 Å². The number of amides is 1. The highest BCUT2D eigenvalue weighted by Gasteiger charge is 2.14. The van der Waals surface area contributed by atoms with Gasteiger partial charge in [-0.1, -0.05) is 17.7 Å². The summed E-state index contributed by atoms with van der Waals surface area (Å²) in [5.74, 6) is -1.06. The molecule has 0 heterocycles. The number of nitrogen functional groups attached to an aromatic ring is 1. The van der Waals surface area contributed by atoms with Crippen molar-refractivity contribution in [2.45, 2.75) is 6.42 Å². The largest absolute Gasteiger partial charge is 0.452 e. The van der Waals surface area contributed by atoms with Crippen molar-refractivity contribution in [2.75, 3.05) is 32.6 Å². The third-order valence-electron chi connectivity index (χ3n) is 2.45. The summed E-state index contributed by atoms with van der Waals surface area (Å²) in [5, 5.41) is 2.86. The zero-order chi connectivity index (χ0) is 15.0. The van der Waals surface area contributed by atoms with Crippen LogP contribution in [0.2, 0.25) is 5.02 Å². The summed E-state index contributed by atoms with van der Waals surface area (Å²) in [4.78, 5) is 23.1. The molecular weight excluding hydrogens is 284 g/mol. The third-order valence-corrected chi connectivity index (χ3v) is 2.78. The Kier molecular flexibility index (Phi) is 6.83. The first-order valence-corrected chi connectivity index (χ1v) is 6.40. The van der Waals surface area contributed by atoms with Crippen molar-refractivity contribution in [3.8, 4) is 0 Å². The molecule has 0 aliphatic carbocycles. The van der Waals surface area contributed by atoms with Gasteiger partial charge in [0.2, 0.25) is 0 Å². The fraction of sp³-hybridized carbons (Fsp3) is 0.385. The van der Waals surface area contributed by atoms with Crippen molar-refractivity contribution in [3.05, 3.63) is 28.8 Å². The van der Waals surface area contributed by atoms with Gasteiger partial charge in [-0.3, -0.25) is 4.79 Å². The number of benzene rings is 1. The molecule has 0 saturated carbocycles. The quantitative estimate of drug-likeness (QED) is 0.449. The van der Waals surface area contributed by atoms with E-state index in [1.807, 2.05) is 0 Å². The fourth-order valence-corrected chi connectivity index (χ4v) is 1.59. The average molecular weight is 301 g/mol. The number of methoxy groups -OCH3 is 1. The minimum atomic E-state index is -0.683. The first kappa shape index (κ1) is 16.3. The summed E-state index contributed by atoms with van der Waals surface area (Å²) in [7, 11) is 1.58. The number of carbonyl (C=O) groups excluding carboxylic acids is 2. The van der Waals surface area contributed by atoms with E-state index in [1.54, 1.807) is 19.2 Å². The van der Waals surface area contributed by atoms with Gasteiger partial charge in [0, 0.05) is 20.3 Å². The number of ether oxygens (including phenoxy) is 2. The second-order valence-electron chi connectivity index (χ2n) is 3.97. The number of carbonyl (C=O) groups is 2. The summed E-state index contributed by atoms with van der Waals surface area (Å²) < 4.78 is 9.70. The number of rotatable bonds is 7. The molecule has 0 fully saturated rings. The van der Waals surface area contributed by atoms with Crippen LogP contribution in [0.15, 0.2) is 18.2 Å². The van der Waals surface area contributed by atoms with Crippen LogP contribution in [0.4, 0.5) is 5.69 Å². The molecule has 0 aromatic heterocycles. The van der Waals surface area contributed by atoms with Crippen LogP contribution in [0.1, 0.15) is 16.8 Å². The van der Waals surface area contributed by atoms with E-state index in [2.05, 4.69) is 5.32 Å². The number of anilines is 1. The summed E-state index contributed by atoms with van der Waals surface area (Å²) in [6.45, 7) is 0.653. The molecule has 6 nitrogen and oxygen atoms in total. The molecule has 0 atom stereocenters. The molecular formula is C13H17ClN2O4. The molecule has 7 heteroatoms. The van der Waals surface area contributed by atoms with Crippen LogP contribution in [0.5, 0.6) is 0 Å². The predicted octanol–water partition coefficient (Wildman–Crippen LogP) is 1.23. The number of para-hydroxylation sites is 1. The van der Waals surface area contributed by atoms with Gasteiger partial charge >= 0.3 is 5.97 Å². The molecule has 1 aromatic rings. The monoisotopic (exact) mass is 300 g/mol. The van der Waals surface area contributed by atoms with Gasteiger partial charge in [0.05, 0.1) is 16.3 Å². The van der Waals surface area contributed by atoms with Crippen LogP contribution < -0.4 is 11.1 Å². The molecule has 0 bridgehead atoms. The maximum absolute atomic E-state index is 11.7. The van der Waals surface area contributed by atoms with Gasteiger partial charge < -0.3 is 20.5 Å². The van der Waals surface area contributed by atoms with E-state index < -0.39 is 5.97 Å². The molecule has 0 aliphatic rings. The lowest BCUT2D eigenvalue weighted by Crippen LogP contribution is -2.30. The number of nitrogens with one attached hydrogen (secondary N) is 1. The van der Waals surface area contributed by atoms with Crippen LogP contribution >= 0.6 is 11.6 Å². The molecule has 20 heavy (non-hydrogen) atoms. The first-order chi connectivity index (χ1) is 9.56. The van der Waals surface area contributed by atoms with Gasteiger partial charge in [0.15, 0.2) is 6.61 Å². The number of hydrogen-bond donors (Lipinski definition) is 2. The Labute approximate surface area is 122 Å². The first-order valence-electron chi connectivity index (χ1n) is 6.03. The number of nitrogens with two attached hydrogens (primary N) is 1. The van der Waals surface area contributed by atoms with Gasteiger partial charge in [0.1, 0.15) is 0 Å². The summed E-state index contributed by atoms with van der Waals surface area (Å²) >= 11 is 5.79. The standard InChI is InChI=1S/C13H17ClN2O4/c1-19-7-3-6-16-11(17)8-20-13(18)9-4-2-5-10(14)12(9)15/h2,4-5H,3,6-8,15H2,1H3,(H,16,17). The van der Waals surface area contributed by atoms with E-state index >= 15 is 0 Å². The lowest BCUT2D eigenvalue weighted by atomic mass is 10.2. The Morgan fingerprint density at radius 2 is 2.15 bits per heavy atom. The average Bonchev–Trinajstić information content (AvgIpc) is 2.44. The number of esters is 1. The van der Waals surface area contributed by atoms with Crippen molar-refractivity contribution in [1.29, 1.82) is 0 Å². The molecule has 0 radical (unpaired) electrons. The Hall–Kier alpha value is -1.79. The highest BCUT2D eigenvalue weighted by molar-refractivity contribution is 6.33. The lowest BCUT2D eigenvalue weighted by Gasteiger charge is -2.08. The van der Waals surface area contributed by atoms with E-state index in [4.69, 9.17) is 26.8 Å². The molecule has 1 aromatic carbocycles. The lowest BCUT2D eigenvalue weighted by molar-refractivity contribution is -0.124. The second kappa shape index (κ2) is 8.39. The van der Waals surface area contributed by atoms with Crippen molar-refractivity contribution in [2.24, 2.45) is 0 Å². The molecule has 0 saturated heterocycles. The van der Waals surface area contributed by atoms with Crippen molar-refractivity contribution >= 4 is 29.2 Å². The highest BCUT2D eigenvalue weighted by Crippen LogP contribution is 2.22. The minimum Gasteiger partial charge on any atom is -0.452 e. The molecule has 0 spiro atoms. The molecule has 3 N–H and O–H groups in total. The Balaban J connectivity index is 2.39. The second-order valence-corrected chi connectivity index (χ2v) is 4.38. The van der Waals surface area contributed by atoms with E-state index in [0.717, 1.165) is 0 Å². The van der Waals surface area contributed by atoms with Gasteiger partial charge in [-0.05, 0) is 18.6 Å². The molecule has 1 rings (SSSR count). The fourth-order valence-electron chi connectivity index (χ4n) is 1.42. The highest BCUT2D eigenvalue weighted by atomic mass is 35.5. The van der Waals surface area contributed by atoms with Crippen LogP contribution in [0.3, 0.4) is 0 Å². The smallest absolute Gasteiger partial charge is 0.340 e. The van der Waals surface area contributed by atoms with E-state index in [1.165, 1.54) is 6.07 Å². The Bertz CT molecular complexity index is 479. The van der Waals surface area contributed by atoms with Crippen LogP contribution in [-0.2, 0) is 14.3 Å². The van der Waals surface area contributed by atoms with Crippen molar-refractivity contribution in [1.82, 2.24) is 5.32 Å². The minimum absolute atomic E-state index is 0.139. The number of halogens is 1. The van der Waals surface area contributed by atoms with Crippen LogP contribution in [0, 0.1) is 0 Å². The van der Waals surface area contributed by atoms with E-state index in [9.17, 15) is 9.59 Å². The van der Waals surface area contributed by atoms with E-state index in [-0.39, 0.29) is 28.8 Å². The van der Waals surface area contributed by atoms with Crippen molar-refractivity contribution < 1.29 is 19.1 Å². The molecule has 0 aliphatic heterocycles. The van der Waals surface area contributed by atoms with E-state index in [0.29, 0.717) is 19.6 Å². The van der Waals surface area contributed by atoms with Gasteiger partial charge in [-0.2, -0.15) is 0 Å². The van der Waals surface area contributed by atoms with Crippen LogP contribution in [0.25, 0.3) is 0 Å². The maximum atomic E-state index is 11.7. The Morgan fingerprint density at radius 1 is 1.40 bits per heavy atom. The maximum Gasteiger partial charge on any atom is 0.340 e. The SMILES string of the molecule is COCCCNC(=O)COC(=O)c1cccc(Cl)c1N. The summed E-state index contributed by atoms with van der Waals surface area (Å²) in [5.41, 5.74) is 5.94. The third kappa shape index (κ3) is 5.07. The van der Waals surface area contributed by atoms with Crippen LogP contribution in [-0.4, -0.2) is 38.7 Å². The zero-order valence-corrected chi connectivity index (χ0v) is 11.9. The molecule has 110 valence electrons. The number of hydrogen-bond acceptors (Lipinski definition) is 5.